The fourth-order valence-corrected chi connectivity index (χ4v) is 2.24. The van der Waals surface area contributed by atoms with Crippen LogP contribution in [0.4, 0.5) is 0 Å². The smallest absolute Gasteiger partial charge is 0.331 e. The van der Waals surface area contributed by atoms with Crippen LogP contribution in [-0.4, -0.2) is 34.9 Å². The van der Waals surface area contributed by atoms with Crippen molar-refractivity contribution in [2.45, 2.75) is 57.6 Å². The molecular weight excluding hydrogens is 218 g/mol. The van der Waals surface area contributed by atoms with Crippen molar-refractivity contribution in [3.8, 4) is 0 Å². The molecule has 1 aliphatic carbocycles. The van der Waals surface area contributed by atoms with Crippen molar-refractivity contribution >= 4 is 5.97 Å². The molecule has 17 heavy (non-hydrogen) atoms. The molecule has 0 heterocycles. The van der Waals surface area contributed by atoms with Crippen LogP contribution in [0.25, 0.3) is 0 Å². The maximum absolute atomic E-state index is 10.8. The van der Waals surface area contributed by atoms with Gasteiger partial charge in [0.2, 0.25) is 0 Å². The van der Waals surface area contributed by atoms with Crippen molar-refractivity contribution in [2.24, 2.45) is 0 Å². The summed E-state index contributed by atoms with van der Waals surface area (Å²) in [5.41, 5.74) is 0.431. The second-order valence-electron chi connectivity index (χ2n) is 4.61. The molecule has 0 aromatic heterocycles. The molecule has 4 heteroatoms. The Kier molecular flexibility index (Phi) is 6.22. The van der Waals surface area contributed by atoms with Crippen LogP contribution in [-0.2, 0) is 4.79 Å². The summed E-state index contributed by atoms with van der Waals surface area (Å²) < 4.78 is 0. The molecule has 0 radical (unpaired) electrons. The number of aliphatic carboxylic acids is 1. The van der Waals surface area contributed by atoms with Gasteiger partial charge in [-0.1, -0.05) is 32.3 Å². The molecule has 0 aromatic carbocycles. The average Bonchev–Trinajstić information content (AvgIpc) is 2.49. The molecule has 98 valence electrons. The lowest BCUT2D eigenvalue weighted by Gasteiger charge is -2.21. The largest absolute Gasteiger partial charge is 0.478 e. The molecule has 4 nitrogen and oxygen atoms in total. The van der Waals surface area contributed by atoms with E-state index in [1.165, 1.54) is 6.42 Å². The first kappa shape index (κ1) is 14.2. The molecule has 0 saturated heterocycles. The van der Waals surface area contributed by atoms with Crippen LogP contribution in [0, 0.1) is 0 Å². The molecule has 2 atom stereocenters. The van der Waals surface area contributed by atoms with Gasteiger partial charge in [0.1, 0.15) is 0 Å². The summed E-state index contributed by atoms with van der Waals surface area (Å²) in [5, 5.41) is 22.0. The van der Waals surface area contributed by atoms with Crippen molar-refractivity contribution in [1.29, 1.82) is 0 Å². The van der Waals surface area contributed by atoms with Crippen molar-refractivity contribution in [3.63, 3.8) is 0 Å². The van der Waals surface area contributed by atoms with Crippen molar-refractivity contribution < 1.29 is 15.0 Å². The van der Waals surface area contributed by atoms with Crippen molar-refractivity contribution in [3.05, 3.63) is 11.6 Å². The maximum atomic E-state index is 10.8. The van der Waals surface area contributed by atoms with Crippen LogP contribution in [0.3, 0.4) is 0 Å². The summed E-state index contributed by atoms with van der Waals surface area (Å²) in [4.78, 5) is 10.8. The first-order chi connectivity index (χ1) is 8.15. The van der Waals surface area contributed by atoms with E-state index in [-0.39, 0.29) is 12.1 Å². The molecule has 0 aliphatic heterocycles. The third kappa shape index (κ3) is 4.88. The molecule has 2 unspecified atom stereocenters. The van der Waals surface area contributed by atoms with E-state index in [1.807, 2.05) is 6.92 Å². The van der Waals surface area contributed by atoms with Gasteiger partial charge in [-0.05, 0) is 19.3 Å². The minimum Gasteiger partial charge on any atom is -0.478 e. The predicted molar refractivity (Wildman–Crippen MR) is 66.9 cm³/mol. The summed E-state index contributed by atoms with van der Waals surface area (Å²) in [6.07, 6.45) is 7.18. The number of rotatable bonds is 5. The van der Waals surface area contributed by atoms with Gasteiger partial charge in [-0.3, -0.25) is 0 Å². The monoisotopic (exact) mass is 241 g/mol. The number of hydrogen-bond donors (Lipinski definition) is 3. The normalized spacial score (nSPS) is 26.6. The lowest BCUT2D eigenvalue weighted by Crippen LogP contribution is -2.39. The van der Waals surface area contributed by atoms with E-state index in [0.717, 1.165) is 25.7 Å². The summed E-state index contributed by atoms with van der Waals surface area (Å²) in [6.45, 7) is 2.36. The van der Waals surface area contributed by atoms with Crippen LogP contribution in [0.2, 0.25) is 0 Å². The third-order valence-corrected chi connectivity index (χ3v) is 3.36. The van der Waals surface area contributed by atoms with E-state index >= 15 is 0 Å². The Bertz CT molecular complexity index is 276. The number of aliphatic hydroxyl groups is 1. The molecular formula is C13H23NO3. The highest BCUT2D eigenvalue weighted by atomic mass is 16.4. The second-order valence-corrected chi connectivity index (χ2v) is 4.61. The van der Waals surface area contributed by atoms with Crippen molar-refractivity contribution in [2.75, 3.05) is 6.54 Å². The Morgan fingerprint density at radius 1 is 1.35 bits per heavy atom. The van der Waals surface area contributed by atoms with Gasteiger partial charge in [-0.2, -0.15) is 0 Å². The van der Waals surface area contributed by atoms with E-state index in [9.17, 15) is 9.90 Å². The van der Waals surface area contributed by atoms with Crippen LogP contribution in [0.1, 0.15) is 45.4 Å². The zero-order valence-corrected chi connectivity index (χ0v) is 10.5. The van der Waals surface area contributed by atoms with Crippen molar-refractivity contribution in [1.82, 2.24) is 5.32 Å². The highest BCUT2D eigenvalue weighted by Gasteiger charge is 2.20. The molecule has 0 spiro atoms. The minimum absolute atomic E-state index is 0.112. The Morgan fingerprint density at radius 2 is 2.06 bits per heavy atom. The van der Waals surface area contributed by atoms with Gasteiger partial charge in [0.25, 0.3) is 0 Å². The minimum atomic E-state index is -0.851. The van der Waals surface area contributed by atoms with Gasteiger partial charge in [0, 0.05) is 18.2 Å². The summed E-state index contributed by atoms with van der Waals surface area (Å²) in [5.74, 6) is -0.851. The van der Waals surface area contributed by atoms with Gasteiger partial charge in [-0.25, -0.2) is 4.79 Å². The Balaban J connectivity index is 2.40. The molecule has 0 bridgehead atoms. The molecule has 3 N–H and O–H groups in total. The van der Waals surface area contributed by atoms with Crippen LogP contribution in [0.5, 0.6) is 0 Å². The number of carbonyl (C=O) groups is 1. The number of nitrogens with one attached hydrogen (secondary N) is 1. The van der Waals surface area contributed by atoms with Gasteiger partial charge >= 0.3 is 5.97 Å². The van der Waals surface area contributed by atoms with Crippen LogP contribution in [0.15, 0.2) is 11.6 Å². The first-order valence-corrected chi connectivity index (χ1v) is 6.49. The quantitative estimate of drug-likeness (QED) is 0.506. The summed E-state index contributed by atoms with van der Waals surface area (Å²) in [6, 6.07) is 0.112. The number of carboxylic acid groups (broad SMARTS) is 1. The Morgan fingerprint density at radius 3 is 2.71 bits per heavy atom. The summed E-state index contributed by atoms with van der Waals surface area (Å²) >= 11 is 0. The highest BCUT2D eigenvalue weighted by molar-refractivity contribution is 5.86. The summed E-state index contributed by atoms with van der Waals surface area (Å²) in [7, 11) is 0. The van der Waals surface area contributed by atoms with Crippen LogP contribution >= 0.6 is 0 Å². The lowest BCUT2D eigenvalue weighted by atomic mass is 10.1. The van der Waals surface area contributed by atoms with Gasteiger partial charge in [0.15, 0.2) is 0 Å². The fraction of sp³-hybridized carbons (Fsp3) is 0.769. The van der Waals surface area contributed by atoms with Crippen LogP contribution < -0.4 is 5.32 Å². The molecule has 0 amide bonds. The molecule has 1 aliphatic rings. The fourth-order valence-electron chi connectivity index (χ4n) is 2.24. The highest BCUT2D eigenvalue weighted by Crippen LogP contribution is 2.17. The van der Waals surface area contributed by atoms with E-state index < -0.39 is 5.97 Å². The van der Waals surface area contributed by atoms with E-state index in [4.69, 9.17) is 5.11 Å². The van der Waals surface area contributed by atoms with Gasteiger partial charge in [0.05, 0.1) is 6.10 Å². The topological polar surface area (TPSA) is 69.6 Å². The maximum Gasteiger partial charge on any atom is 0.331 e. The number of hydrogen-bond acceptors (Lipinski definition) is 3. The number of aliphatic hydroxyl groups excluding tert-OH is 1. The van der Waals surface area contributed by atoms with E-state index in [2.05, 4.69) is 5.32 Å². The van der Waals surface area contributed by atoms with E-state index in [0.29, 0.717) is 18.5 Å². The molecule has 1 fully saturated rings. The predicted octanol–water partition coefficient (Wildman–Crippen LogP) is 1.69. The lowest BCUT2D eigenvalue weighted by molar-refractivity contribution is -0.132. The number of carboxylic acids is 1. The van der Waals surface area contributed by atoms with E-state index in [1.54, 1.807) is 6.08 Å². The Labute approximate surface area is 103 Å². The second kappa shape index (κ2) is 7.45. The zero-order valence-electron chi connectivity index (χ0n) is 10.5. The third-order valence-electron chi connectivity index (χ3n) is 3.36. The average molecular weight is 241 g/mol. The standard InChI is InChI=1S/C13H23NO3/c1-2-10(13(16)17)8-9-14-11-6-4-3-5-7-12(11)15/h8,11-12,14-15H,2-7,9H2,1H3,(H,16,17). The SMILES string of the molecule is CCC(=CCNC1CCCCCC1O)C(=O)O. The molecule has 1 saturated carbocycles. The molecule has 1 rings (SSSR count). The zero-order chi connectivity index (χ0) is 12.7. The van der Waals surface area contributed by atoms with Gasteiger partial charge in [-0.15, -0.1) is 0 Å². The first-order valence-electron chi connectivity index (χ1n) is 6.49. The van der Waals surface area contributed by atoms with Gasteiger partial charge < -0.3 is 15.5 Å². The Hall–Kier alpha value is -0.870. The molecule has 0 aromatic rings.